The molecular weight excluding hydrogens is 314 g/mol. The highest BCUT2D eigenvalue weighted by Gasteiger charge is 2.54. The maximum Gasteiger partial charge on any atom is 0.331 e. The van der Waals surface area contributed by atoms with Gasteiger partial charge in [0, 0.05) is 13.2 Å². The maximum atomic E-state index is 13.5. The lowest BCUT2D eigenvalue weighted by Gasteiger charge is -2.28. The van der Waals surface area contributed by atoms with Crippen molar-refractivity contribution in [2.24, 2.45) is 7.05 Å². The molecule has 1 saturated heterocycles. The van der Waals surface area contributed by atoms with E-state index in [1.165, 1.54) is 4.90 Å². The van der Waals surface area contributed by atoms with Crippen molar-refractivity contribution in [1.29, 1.82) is 0 Å². The summed E-state index contributed by atoms with van der Waals surface area (Å²) < 4.78 is 1.75. The quantitative estimate of drug-likeness (QED) is 0.750. The second kappa shape index (κ2) is 5.63. The van der Waals surface area contributed by atoms with E-state index >= 15 is 0 Å². The van der Waals surface area contributed by atoms with Crippen LogP contribution in [0.5, 0.6) is 0 Å². The topological polar surface area (TPSA) is 54.3 Å². The normalized spacial score (nSPS) is 16.1. The van der Waals surface area contributed by atoms with E-state index in [2.05, 4.69) is 5.32 Å². The summed E-state index contributed by atoms with van der Waals surface area (Å²) in [6.07, 6.45) is 1.81. The van der Waals surface area contributed by atoms with Crippen LogP contribution >= 0.6 is 0 Å². The zero-order chi connectivity index (χ0) is 17.4. The van der Waals surface area contributed by atoms with Gasteiger partial charge in [0.2, 0.25) is 0 Å². The highest BCUT2D eigenvalue weighted by molar-refractivity contribution is 6.24. The molecule has 0 aliphatic carbocycles. The molecule has 1 aliphatic rings. The van der Waals surface area contributed by atoms with E-state index in [0.717, 1.165) is 11.1 Å². The molecule has 1 N–H and O–H groups in total. The van der Waals surface area contributed by atoms with Crippen LogP contribution in [0, 0.1) is 0 Å². The Kier molecular flexibility index (Phi) is 3.42. The van der Waals surface area contributed by atoms with Crippen molar-refractivity contribution in [2.45, 2.75) is 5.54 Å². The molecule has 0 radical (unpaired) electrons. The third-order valence-electron chi connectivity index (χ3n) is 4.58. The molecule has 1 aromatic heterocycles. The number of aryl methyl sites for hydroxylation is 1. The molecule has 0 spiro atoms. The molecule has 5 heteroatoms. The smallest absolute Gasteiger partial charge is 0.331 e. The molecular formula is C20H17N3O2. The zero-order valence-electron chi connectivity index (χ0n) is 13.7. The minimum atomic E-state index is -1.23. The fourth-order valence-electron chi connectivity index (χ4n) is 3.36. The summed E-state index contributed by atoms with van der Waals surface area (Å²) >= 11 is 0. The van der Waals surface area contributed by atoms with Crippen LogP contribution < -0.4 is 10.2 Å². The number of amides is 3. The number of nitrogens with zero attached hydrogens (tertiary/aromatic N) is 2. The van der Waals surface area contributed by atoms with Gasteiger partial charge in [-0.3, -0.25) is 4.79 Å². The summed E-state index contributed by atoms with van der Waals surface area (Å²) in [5.74, 6) is 0.230. The van der Waals surface area contributed by atoms with E-state index in [0.29, 0.717) is 5.82 Å². The van der Waals surface area contributed by atoms with Crippen LogP contribution in [-0.4, -0.2) is 16.5 Å². The minimum Gasteiger partial charge on any atom is -0.337 e. The molecule has 1 aliphatic heterocycles. The number of nitrogens with one attached hydrogen (secondary N) is 1. The fraction of sp³-hybridized carbons (Fsp3) is 0.100. The number of urea groups is 1. The van der Waals surface area contributed by atoms with Crippen LogP contribution in [0.15, 0.2) is 79.0 Å². The first-order chi connectivity index (χ1) is 12.1. The second-order valence-electron chi connectivity index (χ2n) is 6.03. The van der Waals surface area contributed by atoms with E-state index in [-0.39, 0.29) is 5.91 Å². The number of hydrogen-bond acceptors (Lipinski definition) is 2. The second-order valence-corrected chi connectivity index (χ2v) is 6.03. The molecule has 3 amide bonds. The Morgan fingerprint density at radius 2 is 1.36 bits per heavy atom. The molecule has 2 heterocycles. The first-order valence-corrected chi connectivity index (χ1v) is 8.03. The van der Waals surface area contributed by atoms with E-state index in [9.17, 15) is 9.59 Å². The van der Waals surface area contributed by atoms with Gasteiger partial charge in [-0.25, -0.2) is 9.69 Å². The van der Waals surface area contributed by atoms with E-state index in [1.54, 1.807) is 29.9 Å². The lowest BCUT2D eigenvalue weighted by Crippen LogP contribution is -2.45. The molecule has 0 unspecified atom stereocenters. The average Bonchev–Trinajstić information content (AvgIpc) is 3.17. The van der Waals surface area contributed by atoms with Crippen LogP contribution in [0.3, 0.4) is 0 Å². The van der Waals surface area contributed by atoms with Crippen molar-refractivity contribution in [1.82, 2.24) is 9.88 Å². The van der Waals surface area contributed by atoms with Crippen LogP contribution in [-0.2, 0) is 17.4 Å². The summed E-state index contributed by atoms with van der Waals surface area (Å²) in [6.45, 7) is 0. The molecule has 25 heavy (non-hydrogen) atoms. The molecule has 5 nitrogen and oxygen atoms in total. The summed E-state index contributed by atoms with van der Waals surface area (Å²) in [5, 5.41) is 2.94. The van der Waals surface area contributed by atoms with Crippen LogP contribution in [0.4, 0.5) is 10.6 Å². The number of hydrogen-bond donors (Lipinski definition) is 1. The van der Waals surface area contributed by atoms with Gasteiger partial charge < -0.3 is 9.88 Å². The van der Waals surface area contributed by atoms with E-state index in [1.807, 2.05) is 60.7 Å². The van der Waals surface area contributed by atoms with Gasteiger partial charge in [0.1, 0.15) is 5.82 Å². The largest absolute Gasteiger partial charge is 0.337 e. The van der Waals surface area contributed by atoms with Gasteiger partial charge in [-0.2, -0.15) is 0 Å². The van der Waals surface area contributed by atoms with Crippen LogP contribution in [0.25, 0.3) is 0 Å². The number of carbonyl (C=O) groups is 2. The lowest BCUT2D eigenvalue weighted by molar-refractivity contribution is -0.121. The van der Waals surface area contributed by atoms with Crippen molar-refractivity contribution in [2.75, 3.05) is 4.90 Å². The van der Waals surface area contributed by atoms with Gasteiger partial charge in [0.25, 0.3) is 5.91 Å². The van der Waals surface area contributed by atoms with E-state index in [4.69, 9.17) is 0 Å². The van der Waals surface area contributed by atoms with Crippen molar-refractivity contribution in [3.8, 4) is 0 Å². The van der Waals surface area contributed by atoms with Gasteiger partial charge in [-0.1, -0.05) is 60.7 Å². The summed E-state index contributed by atoms with van der Waals surface area (Å²) in [5.41, 5.74) is 0.233. The Balaban J connectivity index is 1.93. The first-order valence-electron chi connectivity index (χ1n) is 8.03. The Labute approximate surface area is 145 Å². The van der Waals surface area contributed by atoms with Crippen LogP contribution in [0.1, 0.15) is 11.1 Å². The zero-order valence-corrected chi connectivity index (χ0v) is 13.7. The number of carbonyl (C=O) groups excluding carboxylic acids is 2. The maximum absolute atomic E-state index is 13.5. The molecule has 0 atom stereocenters. The number of rotatable bonds is 3. The number of anilines is 1. The highest BCUT2D eigenvalue weighted by atomic mass is 16.2. The lowest BCUT2D eigenvalue weighted by atomic mass is 9.82. The van der Waals surface area contributed by atoms with Crippen LogP contribution in [0.2, 0.25) is 0 Å². The molecule has 124 valence electrons. The molecule has 3 aromatic rings. The standard InChI is InChI=1S/C20H17N3O2/c1-22-14-8-13-17(22)23-18(24)20(21-19(23)25,15-9-4-2-5-10-15)16-11-6-3-7-12-16/h2-14H,1H3,(H,21,25). The van der Waals surface area contributed by atoms with E-state index < -0.39 is 11.6 Å². The predicted molar refractivity (Wildman–Crippen MR) is 95.1 cm³/mol. The van der Waals surface area contributed by atoms with Gasteiger partial charge in [0.05, 0.1) is 0 Å². The fourth-order valence-corrected chi connectivity index (χ4v) is 3.36. The molecule has 4 rings (SSSR count). The van der Waals surface area contributed by atoms with Crippen molar-refractivity contribution < 1.29 is 9.59 Å². The average molecular weight is 331 g/mol. The Hall–Kier alpha value is -3.34. The highest BCUT2D eigenvalue weighted by Crippen LogP contribution is 2.37. The third-order valence-corrected chi connectivity index (χ3v) is 4.58. The van der Waals surface area contributed by atoms with Gasteiger partial charge >= 0.3 is 6.03 Å². The van der Waals surface area contributed by atoms with Crippen molar-refractivity contribution in [3.05, 3.63) is 90.1 Å². The third kappa shape index (κ3) is 2.16. The number of aromatic nitrogens is 1. The molecule has 0 saturated carbocycles. The summed E-state index contributed by atoms with van der Waals surface area (Å²) in [4.78, 5) is 27.5. The molecule has 1 fully saturated rings. The summed E-state index contributed by atoms with van der Waals surface area (Å²) in [7, 11) is 1.81. The first kappa shape index (κ1) is 15.2. The van der Waals surface area contributed by atoms with Gasteiger partial charge in [-0.05, 0) is 23.3 Å². The predicted octanol–water partition coefficient (Wildman–Crippen LogP) is 3.03. The monoisotopic (exact) mass is 331 g/mol. The Bertz CT molecular complexity index is 892. The van der Waals surface area contributed by atoms with Gasteiger partial charge in [0.15, 0.2) is 5.54 Å². The summed E-state index contributed by atoms with van der Waals surface area (Å²) in [6, 6.07) is 21.8. The Morgan fingerprint density at radius 3 is 1.84 bits per heavy atom. The minimum absolute atomic E-state index is 0.309. The number of benzene rings is 2. The van der Waals surface area contributed by atoms with Crippen molar-refractivity contribution in [3.63, 3.8) is 0 Å². The SMILES string of the molecule is Cn1cccc1N1C(=O)NC(c2ccccc2)(c2ccccc2)C1=O. The molecule has 0 bridgehead atoms. The molecule has 2 aromatic carbocycles. The Morgan fingerprint density at radius 1 is 0.800 bits per heavy atom. The van der Waals surface area contributed by atoms with Gasteiger partial charge in [-0.15, -0.1) is 0 Å². The number of imide groups is 1. The van der Waals surface area contributed by atoms with Crippen molar-refractivity contribution >= 4 is 17.8 Å².